The predicted molar refractivity (Wildman–Crippen MR) is 128 cm³/mol. The lowest BCUT2D eigenvalue weighted by Crippen LogP contribution is -2.48. The number of carbonyl (C=O) groups excluding carboxylic acids is 3. The summed E-state index contributed by atoms with van der Waals surface area (Å²) in [5.41, 5.74) is 5.20. The van der Waals surface area contributed by atoms with Gasteiger partial charge in [-0.05, 0) is 68.1 Å². The summed E-state index contributed by atoms with van der Waals surface area (Å²) in [6, 6.07) is 11.4. The van der Waals surface area contributed by atoms with Gasteiger partial charge in [0.1, 0.15) is 0 Å². The maximum Gasteiger partial charge on any atom is 0.337 e. The summed E-state index contributed by atoms with van der Waals surface area (Å²) in [7, 11) is 1.32. The van der Waals surface area contributed by atoms with E-state index >= 15 is 0 Å². The van der Waals surface area contributed by atoms with Crippen molar-refractivity contribution in [3.8, 4) is 0 Å². The van der Waals surface area contributed by atoms with Crippen molar-refractivity contribution in [3.05, 3.63) is 70.4 Å². The van der Waals surface area contributed by atoms with Crippen LogP contribution in [0.2, 0.25) is 0 Å². The molecule has 2 aromatic carbocycles. The van der Waals surface area contributed by atoms with E-state index in [1.54, 1.807) is 36.1 Å². The number of urea groups is 2. The Labute approximate surface area is 194 Å². The maximum absolute atomic E-state index is 12.6. The van der Waals surface area contributed by atoms with Gasteiger partial charge in [-0.3, -0.25) is 4.90 Å². The van der Waals surface area contributed by atoms with Crippen LogP contribution in [0, 0.1) is 13.8 Å². The van der Waals surface area contributed by atoms with Crippen LogP contribution in [0.5, 0.6) is 0 Å². The smallest absolute Gasteiger partial charge is 0.337 e. The molecular formula is C25H30N4O4. The van der Waals surface area contributed by atoms with E-state index in [2.05, 4.69) is 16.0 Å². The van der Waals surface area contributed by atoms with Gasteiger partial charge >= 0.3 is 18.0 Å². The number of anilines is 2. The third kappa shape index (κ3) is 5.34. The van der Waals surface area contributed by atoms with Crippen molar-refractivity contribution in [2.45, 2.75) is 40.2 Å². The fourth-order valence-corrected chi connectivity index (χ4v) is 3.77. The molecule has 4 amide bonds. The van der Waals surface area contributed by atoms with Gasteiger partial charge in [0, 0.05) is 23.6 Å². The molecule has 1 aliphatic heterocycles. The fourth-order valence-electron chi connectivity index (χ4n) is 3.77. The van der Waals surface area contributed by atoms with Gasteiger partial charge in [0.15, 0.2) is 0 Å². The number of nitrogens with one attached hydrogen (secondary N) is 3. The summed E-state index contributed by atoms with van der Waals surface area (Å²) in [6.45, 7) is 8.22. The molecule has 8 nitrogen and oxygen atoms in total. The first-order chi connectivity index (χ1) is 15.7. The second-order valence-electron chi connectivity index (χ2n) is 8.02. The largest absolute Gasteiger partial charge is 0.466 e. The Hall–Kier alpha value is -3.81. The highest BCUT2D eigenvalue weighted by atomic mass is 16.5. The third-order valence-corrected chi connectivity index (χ3v) is 5.72. The quantitative estimate of drug-likeness (QED) is 0.547. The van der Waals surface area contributed by atoms with Crippen molar-refractivity contribution in [3.63, 3.8) is 0 Å². The van der Waals surface area contributed by atoms with Gasteiger partial charge in [0.2, 0.25) is 0 Å². The van der Waals surface area contributed by atoms with Gasteiger partial charge in [-0.2, -0.15) is 0 Å². The van der Waals surface area contributed by atoms with E-state index in [-0.39, 0.29) is 12.1 Å². The lowest BCUT2D eigenvalue weighted by molar-refractivity contribution is -0.136. The summed E-state index contributed by atoms with van der Waals surface area (Å²) < 4.78 is 4.98. The maximum atomic E-state index is 12.6. The van der Waals surface area contributed by atoms with E-state index in [1.807, 2.05) is 39.0 Å². The van der Waals surface area contributed by atoms with Gasteiger partial charge in [-0.1, -0.05) is 25.1 Å². The number of benzene rings is 2. The van der Waals surface area contributed by atoms with E-state index in [0.717, 1.165) is 17.5 Å². The predicted octanol–water partition coefficient (Wildman–Crippen LogP) is 4.87. The van der Waals surface area contributed by atoms with Crippen LogP contribution in [-0.4, -0.2) is 36.6 Å². The summed E-state index contributed by atoms with van der Waals surface area (Å²) in [4.78, 5) is 39.1. The number of hydrogen-bond acceptors (Lipinski definition) is 4. The minimum atomic E-state index is -0.642. The van der Waals surface area contributed by atoms with Gasteiger partial charge in [0.05, 0.1) is 18.7 Å². The number of ether oxygens (including phenoxy) is 1. The number of methoxy groups -OCH3 is 1. The molecule has 0 spiro atoms. The fraction of sp³-hybridized carbons (Fsp3) is 0.320. The van der Waals surface area contributed by atoms with Crippen LogP contribution in [0.15, 0.2) is 53.7 Å². The lowest BCUT2D eigenvalue weighted by atomic mass is 9.94. The van der Waals surface area contributed by atoms with Crippen LogP contribution >= 0.6 is 0 Å². The number of nitrogens with zero attached hydrogens (tertiary/aromatic N) is 1. The Morgan fingerprint density at radius 3 is 2.24 bits per heavy atom. The zero-order chi connectivity index (χ0) is 24.1. The van der Waals surface area contributed by atoms with Crippen molar-refractivity contribution in [2.75, 3.05) is 24.3 Å². The molecule has 0 saturated heterocycles. The minimum absolute atomic E-state index is 0.262. The van der Waals surface area contributed by atoms with Gasteiger partial charge in [-0.25, -0.2) is 14.4 Å². The molecule has 33 heavy (non-hydrogen) atoms. The highest BCUT2D eigenvalue weighted by molar-refractivity contribution is 6.00. The summed E-state index contributed by atoms with van der Waals surface area (Å²) in [6.07, 6.45) is 0.758. The molecule has 0 bridgehead atoms. The first-order valence-corrected chi connectivity index (χ1v) is 10.9. The molecule has 3 N–H and O–H groups in total. The molecule has 0 fully saturated rings. The third-order valence-electron chi connectivity index (χ3n) is 5.72. The number of hydrogen-bond donors (Lipinski definition) is 3. The zero-order valence-corrected chi connectivity index (χ0v) is 19.6. The van der Waals surface area contributed by atoms with Crippen LogP contribution in [0.3, 0.4) is 0 Å². The Kier molecular flexibility index (Phi) is 7.37. The van der Waals surface area contributed by atoms with E-state index < -0.39 is 12.0 Å². The number of esters is 1. The standard InChI is InChI=1S/C25H30N4O4/c1-6-13-29-17(4)21(23(30)33-5)22(28-25(29)32)18-8-11-19(12-9-18)26-24(31)27-20-10-7-15(2)16(3)14-20/h7-12,14,22H,6,13H2,1-5H3,(H,28,32)(H2,26,27,31)/t22-/m0/s1. The van der Waals surface area contributed by atoms with E-state index in [0.29, 0.717) is 34.8 Å². The van der Waals surface area contributed by atoms with Crippen molar-refractivity contribution in [1.29, 1.82) is 0 Å². The Bertz CT molecular complexity index is 1090. The molecule has 0 saturated carbocycles. The van der Waals surface area contributed by atoms with Crippen molar-refractivity contribution in [2.24, 2.45) is 0 Å². The van der Waals surface area contributed by atoms with Crippen LogP contribution in [0.1, 0.15) is 43.0 Å². The SMILES string of the molecule is CCCN1C(=O)N[C@@H](c2ccc(NC(=O)Nc3ccc(C)c(C)c3)cc2)C(C(=O)OC)=C1C. The molecule has 174 valence electrons. The topological polar surface area (TPSA) is 99.8 Å². The molecular weight excluding hydrogens is 420 g/mol. The van der Waals surface area contributed by atoms with Crippen LogP contribution in [-0.2, 0) is 9.53 Å². The minimum Gasteiger partial charge on any atom is -0.466 e. The molecule has 2 aromatic rings. The van der Waals surface area contributed by atoms with E-state index in [9.17, 15) is 14.4 Å². The summed E-state index contributed by atoms with van der Waals surface area (Å²) in [5.74, 6) is -0.492. The number of allylic oxidation sites excluding steroid dienone is 1. The van der Waals surface area contributed by atoms with Gasteiger partial charge in [0.25, 0.3) is 0 Å². The molecule has 0 radical (unpaired) electrons. The molecule has 1 heterocycles. The number of rotatable bonds is 6. The number of aryl methyl sites for hydroxylation is 2. The highest BCUT2D eigenvalue weighted by Crippen LogP contribution is 2.32. The second kappa shape index (κ2) is 10.2. The average molecular weight is 451 g/mol. The molecule has 0 aromatic heterocycles. The second-order valence-corrected chi connectivity index (χ2v) is 8.02. The number of carbonyl (C=O) groups is 3. The van der Waals surface area contributed by atoms with Crippen LogP contribution in [0.25, 0.3) is 0 Å². The Morgan fingerprint density at radius 1 is 1.00 bits per heavy atom. The zero-order valence-electron chi connectivity index (χ0n) is 19.6. The normalized spacial score (nSPS) is 15.7. The molecule has 1 atom stereocenters. The van der Waals surface area contributed by atoms with Crippen molar-refractivity contribution in [1.82, 2.24) is 10.2 Å². The van der Waals surface area contributed by atoms with E-state index in [4.69, 9.17) is 4.74 Å². The van der Waals surface area contributed by atoms with Crippen LogP contribution in [0.4, 0.5) is 21.0 Å². The monoisotopic (exact) mass is 450 g/mol. The molecule has 0 aliphatic carbocycles. The lowest BCUT2D eigenvalue weighted by Gasteiger charge is -2.35. The molecule has 1 aliphatic rings. The Morgan fingerprint density at radius 2 is 1.64 bits per heavy atom. The first kappa shape index (κ1) is 23.8. The molecule has 3 rings (SSSR count). The van der Waals surface area contributed by atoms with Crippen LogP contribution < -0.4 is 16.0 Å². The molecule has 0 unspecified atom stereocenters. The van der Waals surface area contributed by atoms with E-state index in [1.165, 1.54) is 7.11 Å². The van der Waals surface area contributed by atoms with Crippen molar-refractivity contribution >= 4 is 29.4 Å². The first-order valence-electron chi connectivity index (χ1n) is 10.9. The number of amides is 4. The summed E-state index contributed by atoms with van der Waals surface area (Å²) in [5, 5.41) is 8.50. The van der Waals surface area contributed by atoms with Gasteiger partial charge < -0.3 is 20.7 Å². The Balaban J connectivity index is 1.77. The highest BCUT2D eigenvalue weighted by Gasteiger charge is 2.35. The average Bonchev–Trinajstić information content (AvgIpc) is 2.78. The van der Waals surface area contributed by atoms with Gasteiger partial charge in [-0.15, -0.1) is 0 Å². The summed E-state index contributed by atoms with van der Waals surface area (Å²) >= 11 is 0. The molecule has 8 heteroatoms. The van der Waals surface area contributed by atoms with Crippen molar-refractivity contribution < 1.29 is 19.1 Å².